The molecule has 0 bridgehead atoms. The van der Waals surface area contributed by atoms with Gasteiger partial charge in [0, 0.05) is 19.0 Å². The Bertz CT molecular complexity index is 582. The van der Waals surface area contributed by atoms with Crippen LogP contribution in [0.1, 0.15) is 30.7 Å². The molecule has 1 atom stereocenters. The van der Waals surface area contributed by atoms with Crippen molar-refractivity contribution in [3.63, 3.8) is 0 Å². The van der Waals surface area contributed by atoms with Gasteiger partial charge in [0.25, 0.3) is 5.91 Å². The number of piperidine rings is 1. The minimum absolute atomic E-state index is 0.159. The second-order valence-electron chi connectivity index (χ2n) is 5.30. The van der Waals surface area contributed by atoms with E-state index < -0.39 is 6.10 Å². The largest absolute Gasteiger partial charge is 0.384 e. The fourth-order valence-corrected chi connectivity index (χ4v) is 3.81. The number of thiazole rings is 1. The van der Waals surface area contributed by atoms with E-state index in [2.05, 4.69) is 6.07 Å². The third-order valence-electron chi connectivity index (χ3n) is 3.82. The molecular weight excluding hydrogens is 272 g/mol. The van der Waals surface area contributed by atoms with Crippen LogP contribution in [-0.4, -0.2) is 40.1 Å². The average molecular weight is 290 g/mol. The molecule has 3 rings (SSSR count). The maximum Gasteiger partial charge on any atom is 0.251 e. The maximum absolute atomic E-state index is 11.7. The Morgan fingerprint density at radius 2 is 2.10 bits per heavy atom. The smallest absolute Gasteiger partial charge is 0.251 e. The number of para-hydroxylation sites is 1. The van der Waals surface area contributed by atoms with E-state index in [1.165, 1.54) is 16.6 Å². The summed E-state index contributed by atoms with van der Waals surface area (Å²) in [6.07, 6.45) is 0.963. The van der Waals surface area contributed by atoms with Gasteiger partial charge in [0.1, 0.15) is 6.10 Å². The number of aliphatic hydroxyl groups excluding tert-OH is 1. The van der Waals surface area contributed by atoms with E-state index in [1.54, 1.807) is 16.2 Å². The number of likely N-dealkylation sites (tertiary alicyclic amines) is 1. The van der Waals surface area contributed by atoms with Crippen LogP contribution in [0.3, 0.4) is 0 Å². The zero-order valence-electron chi connectivity index (χ0n) is 11.5. The van der Waals surface area contributed by atoms with Crippen molar-refractivity contribution in [1.82, 2.24) is 9.88 Å². The molecule has 1 N–H and O–H groups in total. The molecule has 0 saturated carbocycles. The highest BCUT2D eigenvalue weighted by Crippen LogP contribution is 2.33. The first-order valence-corrected chi connectivity index (χ1v) is 7.79. The topological polar surface area (TPSA) is 53.4 Å². The van der Waals surface area contributed by atoms with Crippen LogP contribution < -0.4 is 0 Å². The Balaban J connectivity index is 1.70. The van der Waals surface area contributed by atoms with Crippen LogP contribution in [0.2, 0.25) is 0 Å². The number of hydrogen-bond donors (Lipinski definition) is 1. The molecule has 1 unspecified atom stereocenters. The number of carbonyl (C=O) groups excluding carboxylic acids is 1. The van der Waals surface area contributed by atoms with Crippen molar-refractivity contribution < 1.29 is 9.90 Å². The average Bonchev–Trinajstić information content (AvgIpc) is 2.90. The summed E-state index contributed by atoms with van der Waals surface area (Å²) in [6, 6.07) is 8.19. The zero-order valence-corrected chi connectivity index (χ0v) is 12.3. The maximum atomic E-state index is 11.7. The zero-order chi connectivity index (χ0) is 14.1. The summed E-state index contributed by atoms with van der Waals surface area (Å²) < 4.78 is 1.23. The van der Waals surface area contributed by atoms with Gasteiger partial charge >= 0.3 is 0 Å². The minimum Gasteiger partial charge on any atom is -0.384 e. The molecule has 1 amide bonds. The lowest BCUT2D eigenvalue weighted by molar-refractivity contribution is -0.140. The summed E-state index contributed by atoms with van der Waals surface area (Å²) in [5.74, 6) is 0.276. The van der Waals surface area contributed by atoms with E-state index in [1.807, 2.05) is 18.2 Å². The number of aliphatic hydroxyl groups is 1. The number of amides is 1. The molecule has 0 radical (unpaired) electrons. The van der Waals surface area contributed by atoms with Crippen LogP contribution in [0.4, 0.5) is 0 Å². The monoisotopic (exact) mass is 290 g/mol. The molecule has 1 saturated heterocycles. The molecule has 1 fully saturated rings. The van der Waals surface area contributed by atoms with Crippen molar-refractivity contribution in [2.75, 3.05) is 13.1 Å². The van der Waals surface area contributed by atoms with E-state index >= 15 is 0 Å². The first-order valence-electron chi connectivity index (χ1n) is 6.97. The summed E-state index contributed by atoms with van der Waals surface area (Å²) in [7, 11) is 0. The van der Waals surface area contributed by atoms with Gasteiger partial charge in [-0.05, 0) is 31.9 Å². The lowest BCUT2D eigenvalue weighted by Gasteiger charge is -2.31. The molecular formula is C15H18N2O2S. The molecule has 5 heteroatoms. The van der Waals surface area contributed by atoms with E-state index in [9.17, 15) is 9.90 Å². The third-order valence-corrected chi connectivity index (χ3v) is 5.02. The van der Waals surface area contributed by atoms with Crippen LogP contribution in [-0.2, 0) is 4.79 Å². The van der Waals surface area contributed by atoms with Crippen molar-refractivity contribution in [3.8, 4) is 0 Å². The van der Waals surface area contributed by atoms with Gasteiger partial charge in [0.05, 0.1) is 15.2 Å². The third kappa shape index (κ3) is 2.55. The first-order chi connectivity index (χ1) is 9.65. The summed E-state index contributed by atoms with van der Waals surface area (Å²) in [4.78, 5) is 18.2. The van der Waals surface area contributed by atoms with Gasteiger partial charge in [-0.3, -0.25) is 4.79 Å². The van der Waals surface area contributed by atoms with E-state index in [0.717, 1.165) is 18.4 Å². The highest BCUT2D eigenvalue weighted by molar-refractivity contribution is 7.18. The van der Waals surface area contributed by atoms with Gasteiger partial charge in [-0.15, -0.1) is 11.3 Å². The predicted molar refractivity (Wildman–Crippen MR) is 79.9 cm³/mol. The van der Waals surface area contributed by atoms with Crippen molar-refractivity contribution in [3.05, 3.63) is 29.3 Å². The van der Waals surface area contributed by atoms with E-state index in [-0.39, 0.29) is 5.91 Å². The lowest BCUT2D eigenvalue weighted by Crippen LogP contribution is -2.42. The fourth-order valence-electron chi connectivity index (χ4n) is 2.68. The van der Waals surface area contributed by atoms with Crippen LogP contribution in [0.5, 0.6) is 0 Å². The Morgan fingerprint density at radius 1 is 1.40 bits per heavy atom. The molecule has 0 aliphatic carbocycles. The molecule has 106 valence electrons. The van der Waals surface area contributed by atoms with Crippen LogP contribution in [0.25, 0.3) is 10.2 Å². The van der Waals surface area contributed by atoms with Gasteiger partial charge in [0.2, 0.25) is 0 Å². The Morgan fingerprint density at radius 3 is 2.75 bits per heavy atom. The molecule has 4 nitrogen and oxygen atoms in total. The lowest BCUT2D eigenvalue weighted by atomic mass is 9.97. The Labute approximate surface area is 122 Å². The summed E-state index contributed by atoms with van der Waals surface area (Å²) >= 11 is 1.76. The molecule has 20 heavy (non-hydrogen) atoms. The fraction of sp³-hybridized carbons (Fsp3) is 0.467. The molecule has 1 aromatic heterocycles. The normalized spacial score (nSPS) is 18.4. The number of rotatable bonds is 2. The quantitative estimate of drug-likeness (QED) is 0.924. The highest BCUT2D eigenvalue weighted by Gasteiger charge is 2.27. The van der Waals surface area contributed by atoms with Crippen molar-refractivity contribution in [1.29, 1.82) is 0 Å². The van der Waals surface area contributed by atoms with Gasteiger partial charge < -0.3 is 10.0 Å². The molecule has 1 aliphatic heterocycles. The SMILES string of the molecule is CC(O)C(=O)N1CCC(c2nc3ccccc3s2)CC1. The molecule has 0 spiro atoms. The summed E-state index contributed by atoms with van der Waals surface area (Å²) in [5, 5.41) is 10.5. The number of aromatic nitrogens is 1. The molecule has 2 aromatic rings. The summed E-state index contributed by atoms with van der Waals surface area (Å²) in [5.41, 5.74) is 1.06. The minimum atomic E-state index is -0.894. The number of nitrogens with zero attached hydrogens (tertiary/aromatic N) is 2. The predicted octanol–water partition coefficient (Wildman–Crippen LogP) is 2.38. The molecule has 1 aliphatic rings. The second-order valence-corrected chi connectivity index (χ2v) is 6.36. The number of fused-ring (bicyclic) bond motifs is 1. The Kier molecular flexibility index (Phi) is 3.72. The Hall–Kier alpha value is -1.46. The molecule has 2 heterocycles. The number of carbonyl (C=O) groups is 1. The molecule has 1 aromatic carbocycles. The van der Waals surface area contributed by atoms with Gasteiger partial charge in [0.15, 0.2) is 0 Å². The highest BCUT2D eigenvalue weighted by atomic mass is 32.1. The van der Waals surface area contributed by atoms with Crippen molar-refractivity contribution in [2.45, 2.75) is 31.8 Å². The van der Waals surface area contributed by atoms with Gasteiger partial charge in [-0.1, -0.05) is 12.1 Å². The standard InChI is InChI=1S/C15H18N2O2S/c1-10(18)15(19)17-8-6-11(7-9-17)14-16-12-4-2-3-5-13(12)20-14/h2-5,10-11,18H,6-9H2,1H3. The van der Waals surface area contributed by atoms with Crippen molar-refractivity contribution >= 4 is 27.5 Å². The van der Waals surface area contributed by atoms with E-state index in [4.69, 9.17) is 4.98 Å². The second kappa shape index (κ2) is 5.50. The number of hydrogen-bond acceptors (Lipinski definition) is 4. The number of benzene rings is 1. The first kappa shape index (κ1) is 13.5. The van der Waals surface area contributed by atoms with Crippen LogP contribution >= 0.6 is 11.3 Å². The van der Waals surface area contributed by atoms with Gasteiger partial charge in [-0.2, -0.15) is 0 Å². The van der Waals surface area contributed by atoms with Crippen LogP contribution in [0, 0.1) is 0 Å². The van der Waals surface area contributed by atoms with E-state index in [0.29, 0.717) is 19.0 Å². The van der Waals surface area contributed by atoms with Crippen molar-refractivity contribution in [2.24, 2.45) is 0 Å². The van der Waals surface area contributed by atoms with Crippen LogP contribution in [0.15, 0.2) is 24.3 Å². The van der Waals surface area contributed by atoms with Gasteiger partial charge in [-0.25, -0.2) is 4.98 Å². The summed E-state index contributed by atoms with van der Waals surface area (Å²) in [6.45, 7) is 2.95.